The molecule has 6 heteroatoms. The van der Waals surface area contributed by atoms with Crippen molar-refractivity contribution < 1.29 is 14.3 Å². The van der Waals surface area contributed by atoms with Gasteiger partial charge in [0.15, 0.2) is 0 Å². The van der Waals surface area contributed by atoms with Crippen molar-refractivity contribution in [2.24, 2.45) is 5.92 Å². The molecule has 2 saturated heterocycles. The zero-order valence-electron chi connectivity index (χ0n) is 14.5. The number of nitrogens with zero attached hydrogens (tertiary/aromatic N) is 2. The molecule has 1 atom stereocenters. The Morgan fingerprint density at radius 2 is 2.00 bits per heavy atom. The highest BCUT2D eigenvalue weighted by molar-refractivity contribution is 5.74. The van der Waals surface area contributed by atoms with Crippen LogP contribution in [0.2, 0.25) is 0 Å². The minimum absolute atomic E-state index is 0.00105. The summed E-state index contributed by atoms with van der Waals surface area (Å²) < 4.78 is 5.83. The number of piperidine rings is 1. The minimum atomic E-state index is -0.00105. The average Bonchev–Trinajstić information content (AvgIpc) is 3.27. The molecule has 2 N–H and O–H groups in total. The van der Waals surface area contributed by atoms with Gasteiger partial charge in [-0.3, -0.25) is 4.90 Å². The van der Waals surface area contributed by atoms with Gasteiger partial charge in [-0.2, -0.15) is 0 Å². The quantitative estimate of drug-likeness (QED) is 0.865. The van der Waals surface area contributed by atoms with Crippen molar-refractivity contribution in [2.45, 2.75) is 38.6 Å². The van der Waals surface area contributed by atoms with E-state index in [1.165, 1.54) is 12.8 Å². The van der Waals surface area contributed by atoms with Crippen LogP contribution in [0.15, 0.2) is 16.5 Å². The van der Waals surface area contributed by atoms with Crippen molar-refractivity contribution >= 4 is 6.03 Å². The van der Waals surface area contributed by atoms with Gasteiger partial charge < -0.3 is 19.7 Å². The van der Waals surface area contributed by atoms with Gasteiger partial charge in [0.2, 0.25) is 0 Å². The van der Waals surface area contributed by atoms with E-state index in [9.17, 15) is 9.90 Å². The van der Waals surface area contributed by atoms with E-state index in [0.717, 1.165) is 50.5 Å². The molecule has 0 spiro atoms. The summed E-state index contributed by atoms with van der Waals surface area (Å²) in [7, 11) is 0. The normalized spacial score (nSPS) is 21.2. The van der Waals surface area contributed by atoms with E-state index in [0.29, 0.717) is 12.5 Å². The number of aliphatic hydroxyl groups is 1. The molecule has 1 aromatic heterocycles. The fourth-order valence-corrected chi connectivity index (χ4v) is 3.71. The van der Waals surface area contributed by atoms with E-state index in [2.05, 4.69) is 10.2 Å². The highest BCUT2D eigenvalue weighted by atomic mass is 16.3. The fraction of sp³-hybridized carbons (Fsp3) is 0.722. The van der Waals surface area contributed by atoms with Gasteiger partial charge in [-0.25, -0.2) is 4.79 Å². The van der Waals surface area contributed by atoms with Crippen LogP contribution in [0.5, 0.6) is 0 Å². The second-order valence-electron chi connectivity index (χ2n) is 7.01. The number of carbonyl (C=O) groups excluding carboxylic acids is 1. The first kappa shape index (κ1) is 17.3. The molecule has 2 aliphatic heterocycles. The number of likely N-dealkylation sites (tertiary alicyclic amines) is 2. The van der Waals surface area contributed by atoms with Crippen molar-refractivity contribution in [3.8, 4) is 0 Å². The van der Waals surface area contributed by atoms with Crippen LogP contribution in [-0.4, -0.2) is 60.3 Å². The molecule has 134 valence electrons. The zero-order valence-corrected chi connectivity index (χ0v) is 14.5. The number of urea groups is 1. The topological polar surface area (TPSA) is 69.0 Å². The van der Waals surface area contributed by atoms with E-state index in [-0.39, 0.29) is 18.7 Å². The Kier molecular flexibility index (Phi) is 5.79. The Morgan fingerprint density at radius 1 is 1.29 bits per heavy atom. The Hall–Kier alpha value is -1.53. The molecule has 0 radical (unpaired) electrons. The summed E-state index contributed by atoms with van der Waals surface area (Å²) in [5.74, 6) is 2.19. The predicted molar refractivity (Wildman–Crippen MR) is 91.8 cm³/mol. The summed E-state index contributed by atoms with van der Waals surface area (Å²) >= 11 is 0. The number of furan rings is 1. The first-order chi connectivity index (χ1) is 11.7. The standard InChI is InChI=1S/C18H29N3O3/c1-14-4-5-17(24-14)16(20-8-2-3-9-20)12-19-18(23)21-10-6-15(13-22)7-11-21/h4-5,15-16,22H,2-3,6-13H2,1H3,(H,19,23). The summed E-state index contributed by atoms with van der Waals surface area (Å²) in [5, 5.41) is 12.3. The molecule has 6 nitrogen and oxygen atoms in total. The summed E-state index contributed by atoms with van der Waals surface area (Å²) in [4.78, 5) is 16.7. The third-order valence-corrected chi connectivity index (χ3v) is 5.28. The Bertz CT molecular complexity index is 531. The lowest BCUT2D eigenvalue weighted by Crippen LogP contribution is -2.47. The zero-order chi connectivity index (χ0) is 16.9. The molecule has 3 heterocycles. The molecule has 2 fully saturated rings. The number of aryl methyl sites for hydroxylation is 1. The second kappa shape index (κ2) is 8.03. The molecule has 2 amide bonds. The number of amides is 2. The highest BCUT2D eigenvalue weighted by Crippen LogP contribution is 2.26. The summed E-state index contributed by atoms with van der Waals surface area (Å²) in [5.41, 5.74) is 0. The molecular formula is C18H29N3O3. The van der Waals surface area contributed by atoms with Gasteiger partial charge in [-0.1, -0.05) is 0 Å². The van der Waals surface area contributed by atoms with Crippen LogP contribution in [0, 0.1) is 12.8 Å². The lowest BCUT2D eigenvalue weighted by molar-refractivity contribution is 0.134. The Labute approximate surface area is 143 Å². The highest BCUT2D eigenvalue weighted by Gasteiger charge is 2.28. The molecule has 2 aliphatic rings. The second-order valence-corrected chi connectivity index (χ2v) is 7.01. The van der Waals surface area contributed by atoms with Crippen LogP contribution in [0.4, 0.5) is 4.79 Å². The van der Waals surface area contributed by atoms with E-state index in [4.69, 9.17) is 4.42 Å². The molecule has 24 heavy (non-hydrogen) atoms. The minimum Gasteiger partial charge on any atom is -0.465 e. The largest absolute Gasteiger partial charge is 0.465 e. The van der Waals surface area contributed by atoms with Crippen molar-refractivity contribution in [1.82, 2.24) is 15.1 Å². The Balaban J connectivity index is 1.56. The van der Waals surface area contributed by atoms with Gasteiger partial charge in [0.05, 0.1) is 6.04 Å². The summed E-state index contributed by atoms with van der Waals surface area (Å²) in [6.45, 7) is 6.32. The van der Waals surface area contributed by atoms with Crippen molar-refractivity contribution in [3.05, 3.63) is 23.7 Å². The van der Waals surface area contributed by atoms with Gasteiger partial charge in [0.25, 0.3) is 0 Å². The van der Waals surface area contributed by atoms with Crippen molar-refractivity contribution in [2.75, 3.05) is 39.3 Å². The first-order valence-corrected chi connectivity index (χ1v) is 9.11. The lowest BCUT2D eigenvalue weighted by atomic mass is 9.98. The van der Waals surface area contributed by atoms with E-state index in [1.807, 2.05) is 24.0 Å². The van der Waals surface area contributed by atoms with Crippen LogP contribution < -0.4 is 5.32 Å². The maximum absolute atomic E-state index is 12.5. The van der Waals surface area contributed by atoms with Crippen LogP contribution in [0.3, 0.4) is 0 Å². The van der Waals surface area contributed by atoms with E-state index < -0.39 is 0 Å². The van der Waals surface area contributed by atoms with Crippen LogP contribution in [0.25, 0.3) is 0 Å². The number of hydrogen-bond acceptors (Lipinski definition) is 4. The molecule has 0 bridgehead atoms. The summed E-state index contributed by atoms with van der Waals surface area (Å²) in [6, 6.07) is 4.12. The van der Waals surface area contributed by atoms with Gasteiger partial charge in [-0.05, 0) is 63.7 Å². The monoisotopic (exact) mass is 335 g/mol. The van der Waals surface area contributed by atoms with Gasteiger partial charge in [0, 0.05) is 26.2 Å². The summed E-state index contributed by atoms with van der Waals surface area (Å²) in [6.07, 6.45) is 4.19. The van der Waals surface area contributed by atoms with Crippen LogP contribution >= 0.6 is 0 Å². The molecule has 3 rings (SSSR count). The molecule has 0 aromatic carbocycles. The van der Waals surface area contributed by atoms with Gasteiger partial charge in [0.1, 0.15) is 11.5 Å². The molecule has 0 saturated carbocycles. The number of nitrogens with one attached hydrogen (secondary N) is 1. The van der Waals surface area contributed by atoms with Crippen molar-refractivity contribution in [3.63, 3.8) is 0 Å². The van der Waals surface area contributed by atoms with Gasteiger partial charge in [-0.15, -0.1) is 0 Å². The third kappa shape index (κ3) is 4.11. The maximum atomic E-state index is 12.5. The Morgan fingerprint density at radius 3 is 2.58 bits per heavy atom. The smallest absolute Gasteiger partial charge is 0.317 e. The van der Waals surface area contributed by atoms with Gasteiger partial charge >= 0.3 is 6.03 Å². The molecule has 1 aromatic rings. The molecule has 1 unspecified atom stereocenters. The van der Waals surface area contributed by atoms with E-state index in [1.54, 1.807) is 0 Å². The van der Waals surface area contributed by atoms with Crippen molar-refractivity contribution in [1.29, 1.82) is 0 Å². The predicted octanol–water partition coefficient (Wildman–Crippen LogP) is 2.14. The van der Waals surface area contributed by atoms with Crippen LogP contribution in [-0.2, 0) is 0 Å². The van der Waals surface area contributed by atoms with Crippen LogP contribution in [0.1, 0.15) is 43.2 Å². The lowest BCUT2D eigenvalue weighted by Gasteiger charge is -2.32. The van der Waals surface area contributed by atoms with E-state index >= 15 is 0 Å². The number of rotatable bonds is 5. The molecule has 0 aliphatic carbocycles. The third-order valence-electron chi connectivity index (χ3n) is 5.28. The fourth-order valence-electron chi connectivity index (χ4n) is 3.71. The number of carbonyl (C=O) groups is 1. The SMILES string of the molecule is Cc1ccc(C(CNC(=O)N2CCC(CO)CC2)N2CCCC2)o1. The number of aliphatic hydroxyl groups excluding tert-OH is 1. The first-order valence-electron chi connectivity index (χ1n) is 9.11. The average molecular weight is 335 g/mol. The molecular weight excluding hydrogens is 306 g/mol. The number of hydrogen-bond donors (Lipinski definition) is 2. The maximum Gasteiger partial charge on any atom is 0.317 e.